The van der Waals surface area contributed by atoms with Gasteiger partial charge in [0.25, 0.3) is 17.7 Å². The van der Waals surface area contributed by atoms with Crippen molar-refractivity contribution in [1.29, 1.82) is 0 Å². The monoisotopic (exact) mass is 459 g/mol. The van der Waals surface area contributed by atoms with Gasteiger partial charge in [-0.25, -0.2) is 0 Å². The molecule has 1 heterocycles. The fourth-order valence-electron chi connectivity index (χ4n) is 3.88. The molecule has 2 aliphatic rings. The van der Waals surface area contributed by atoms with Crippen molar-refractivity contribution in [3.05, 3.63) is 63.1 Å². The first-order valence-corrected chi connectivity index (χ1v) is 10.7. The van der Waals surface area contributed by atoms with Gasteiger partial charge in [0.05, 0.1) is 32.4 Å². The molecule has 4 amide bonds. The summed E-state index contributed by atoms with van der Waals surface area (Å²) in [5.74, 6) is -2.12. The third-order valence-corrected chi connectivity index (χ3v) is 6.17. The highest BCUT2D eigenvalue weighted by atomic mass is 35.5. The predicted octanol–water partition coefficient (Wildman–Crippen LogP) is 3.90. The fourth-order valence-corrected chi connectivity index (χ4v) is 4.21. The minimum absolute atomic E-state index is 0.101. The topological polar surface area (TPSA) is 95.6 Å². The van der Waals surface area contributed by atoms with Crippen molar-refractivity contribution in [2.45, 2.75) is 31.7 Å². The van der Waals surface area contributed by atoms with Gasteiger partial charge < -0.3 is 10.6 Å². The van der Waals surface area contributed by atoms with Crippen molar-refractivity contribution in [2.24, 2.45) is 0 Å². The van der Waals surface area contributed by atoms with Gasteiger partial charge in [-0.05, 0) is 37.1 Å². The third-order valence-electron chi connectivity index (χ3n) is 5.45. The Morgan fingerprint density at radius 3 is 2.16 bits per heavy atom. The van der Waals surface area contributed by atoms with Crippen molar-refractivity contribution in [3.8, 4) is 0 Å². The van der Waals surface area contributed by atoms with Gasteiger partial charge in [-0.2, -0.15) is 0 Å². The molecule has 7 nitrogen and oxygen atoms in total. The molecule has 0 unspecified atom stereocenters. The summed E-state index contributed by atoms with van der Waals surface area (Å²) in [7, 11) is 0. The highest BCUT2D eigenvalue weighted by Crippen LogP contribution is 2.31. The SMILES string of the molecule is O=C(CN1C(=O)c2cc(Cl)c(Cl)cc2C1=O)Nc1ccccc1C(=O)NC1CCCC1. The van der Waals surface area contributed by atoms with Crippen molar-refractivity contribution >= 4 is 52.5 Å². The largest absolute Gasteiger partial charge is 0.349 e. The zero-order valence-electron chi connectivity index (χ0n) is 16.4. The summed E-state index contributed by atoms with van der Waals surface area (Å²) in [5, 5.41) is 5.92. The lowest BCUT2D eigenvalue weighted by Crippen LogP contribution is -2.38. The van der Waals surface area contributed by atoms with Crippen molar-refractivity contribution in [1.82, 2.24) is 10.2 Å². The molecule has 0 atom stereocenters. The Morgan fingerprint density at radius 1 is 0.968 bits per heavy atom. The number of halogens is 2. The highest BCUT2D eigenvalue weighted by Gasteiger charge is 2.37. The van der Waals surface area contributed by atoms with Crippen LogP contribution < -0.4 is 10.6 Å². The van der Waals surface area contributed by atoms with Gasteiger partial charge in [0.1, 0.15) is 6.54 Å². The van der Waals surface area contributed by atoms with Crippen molar-refractivity contribution in [2.75, 3.05) is 11.9 Å². The van der Waals surface area contributed by atoms with Crippen LogP contribution in [0.4, 0.5) is 5.69 Å². The minimum Gasteiger partial charge on any atom is -0.349 e. The number of imide groups is 1. The van der Waals surface area contributed by atoms with Crippen LogP contribution in [0, 0.1) is 0 Å². The average Bonchev–Trinajstić information content (AvgIpc) is 3.32. The Kier molecular flexibility index (Phi) is 5.98. The van der Waals surface area contributed by atoms with Gasteiger partial charge in [-0.15, -0.1) is 0 Å². The molecule has 1 fully saturated rings. The van der Waals surface area contributed by atoms with E-state index in [1.807, 2.05) is 0 Å². The van der Waals surface area contributed by atoms with Crippen LogP contribution in [0.3, 0.4) is 0 Å². The molecule has 1 saturated carbocycles. The normalized spacial score (nSPS) is 15.9. The number of hydrogen-bond donors (Lipinski definition) is 2. The van der Waals surface area contributed by atoms with E-state index in [9.17, 15) is 19.2 Å². The molecule has 0 aromatic heterocycles. The first-order valence-electron chi connectivity index (χ1n) is 9.90. The Labute approximate surface area is 188 Å². The number of fused-ring (bicyclic) bond motifs is 1. The molecule has 0 radical (unpaired) electrons. The molecule has 0 bridgehead atoms. The van der Waals surface area contributed by atoms with Crippen molar-refractivity contribution < 1.29 is 19.2 Å². The second kappa shape index (κ2) is 8.69. The number of nitrogens with one attached hydrogen (secondary N) is 2. The summed E-state index contributed by atoms with van der Waals surface area (Å²) in [6.45, 7) is -0.500. The molecule has 2 aromatic carbocycles. The van der Waals surface area contributed by atoms with E-state index >= 15 is 0 Å². The molecule has 31 heavy (non-hydrogen) atoms. The third kappa shape index (κ3) is 4.29. The van der Waals surface area contributed by atoms with E-state index in [4.69, 9.17) is 23.2 Å². The fraction of sp³-hybridized carbons (Fsp3) is 0.273. The maximum Gasteiger partial charge on any atom is 0.262 e. The number of benzene rings is 2. The molecule has 0 spiro atoms. The van der Waals surface area contributed by atoms with Crippen LogP contribution in [-0.2, 0) is 4.79 Å². The second-order valence-electron chi connectivity index (χ2n) is 7.56. The zero-order chi connectivity index (χ0) is 22.1. The number of carbonyl (C=O) groups is 4. The summed E-state index contributed by atoms with van der Waals surface area (Å²) in [6, 6.07) is 9.38. The van der Waals surface area contributed by atoms with E-state index in [-0.39, 0.29) is 33.1 Å². The van der Waals surface area contributed by atoms with E-state index in [1.165, 1.54) is 12.1 Å². The second-order valence-corrected chi connectivity index (χ2v) is 8.37. The number of rotatable bonds is 5. The quantitative estimate of drug-likeness (QED) is 0.662. The van der Waals surface area contributed by atoms with Crippen LogP contribution in [0.25, 0.3) is 0 Å². The molecule has 1 aliphatic heterocycles. The molecule has 4 rings (SSSR count). The number of para-hydroxylation sites is 1. The summed E-state index contributed by atoms with van der Waals surface area (Å²) in [5.41, 5.74) is 0.835. The predicted molar refractivity (Wildman–Crippen MR) is 117 cm³/mol. The lowest BCUT2D eigenvalue weighted by Gasteiger charge is -2.17. The maximum absolute atomic E-state index is 12.7. The van der Waals surface area contributed by atoms with E-state index in [1.54, 1.807) is 24.3 Å². The number of anilines is 1. The van der Waals surface area contributed by atoms with Gasteiger partial charge in [-0.3, -0.25) is 24.1 Å². The van der Waals surface area contributed by atoms with Gasteiger partial charge in [0.15, 0.2) is 0 Å². The first-order chi connectivity index (χ1) is 14.8. The molecule has 2 aromatic rings. The van der Waals surface area contributed by atoms with Gasteiger partial charge >= 0.3 is 0 Å². The van der Waals surface area contributed by atoms with E-state index in [0.717, 1.165) is 30.6 Å². The van der Waals surface area contributed by atoms with Crippen molar-refractivity contribution in [3.63, 3.8) is 0 Å². The first kappa shape index (κ1) is 21.3. The number of amides is 4. The maximum atomic E-state index is 12.7. The van der Waals surface area contributed by atoms with Crippen LogP contribution in [0.5, 0.6) is 0 Å². The lowest BCUT2D eigenvalue weighted by atomic mass is 10.1. The summed E-state index contributed by atoms with van der Waals surface area (Å²) in [4.78, 5) is 51.3. The Bertz CT molecular complexity index is 1060. The van der Waals surface area contributed by atoms with E-state index in [2.05, 4.69) is 10.6 Å². The standard InChI is InChI=1S/C22H19Cl2N3O4/c23-16-9-14-15(10-17(16)24)22(31)27(21(14)30)11-19(28)26-18-8-4-3-7-13(18)20(29)25-12-5-1-2-6-12/h3-4,7-10,12H,1-2,5-6,11H2,(H,25,29)(H,26,28). The van der Waals surface area contributed by atoms with Gasteiger partial charge in [0, 0.05) is 6.04 Å². The molecule has 0 saturated heterocycles. The van der Waals surface area contributed by atoms with Crippen LogP contribution in [0.15, 0.2) is 36.4 Å². The Balaban J connectivity index is 1.47. The number of carbonyl (C=O) groups excluding carboxylic acids is 4. The van der Waals surface area contributed by atoms with Crippen LogP contribution in [0.1, 0.15) is 56.8 Å². The lowest BCUT2D eigenvalue weighted by molar-refractivity contribution is -0.116. The number of hydrogen-bond acceptors (Lipinski definition) is 4. The average molecular weight is 460 g/mol. The molecular formula is C22H19Cl2N3O4. The summed E-state index contributed by atoms with van der Waals surface area (Å²) < 4.78 is 0. The summed E-state index contributed by atoms with van der Waals surface area (Å²) in [6.07, 6.45) is 4.04. The van der Waals surface area contributed by atoms with E-state index in [0.29, 0.717) is 11.3 Å². The van der Waals surface area contributed by atoms with Crippen LogP contribution in [0.2, 0.25) is 10.0 Å². The number of nitrogens with zero attached hydrogens (tertiary/aromatic N) is 1. The highest BCUT2D eigenvalue weighted by molar-refractivity contribution is 6.43. The van der Waals surface area contributed by atoms with Gasteiger partial charge in [0.2, 0.25) is 5.91 Å². The van der Waals surface area contributed by atoms with E-state index < -0.39 is 24.3 Å². The zero-order valence-corrected chi connectivity index (χ0v) is 17.9. The van der Waals surface area contributed by atoms with Crippen LogP contribution in [-0.4, -0.2) is 41.1 Å². The molecule has 2 N–H and O–H groups in total. The molecule has 1 aliphatic carbocycles. The Hall–Kier alpha value is -2.90. The molecule has 9 heteroatoms. The summed E-state index contributed by atoms with van der Waals surface area (Å²) >= 11 is 11.9. The molecule has 160 valence electrons. The van der Waals surface area contributed by atoms with Gasteiger partial charge in [-0.1, -0.05) is 48.2 Å². The van der Waals surface area contributed by atoms with Crippen LogP contribution >= 0.6 is 23.2 Å². The smallest absolute Gasteiger partial charge is 0.262 e. The Morgan fingerprint density at radius 2 is 1.55 bits per heavy atom. The minimum atomic E-state index is -0.624. The molecular weight excluding hydrogens is 441 g/mol.